The number of benzene rings is 2. The fraction of sp³-hybridized carbons (Fsp3) is 0.111. The van der Waals surface area contributed by atoms with Gasteiger partial charge in [0.2, 0.25) is 0 Å². The molecule has 0 N–H and O–H groups in total. The zero-order valence-corrected chi connectivity index (χ0v) is 14.4. The molecule has 0 saturated heterocycles. The quantitative estimate of drug-likeness (QED) is 0.578. The molecule has 0 unspecified atom stereocenters. The van der Waals surface area contributed by atoms with E-state index in [1.807, 2.05) is 60.7 Å². The minimum Gasteiger partial charge on any atom is -0.197 e. The van der Waals surface area contributed by atoms with E-state index < -0.39 is 0 Å². The molecule has 2 aromatic carbocycles. The number of rotatable bonds is 4. The third-order valence-corrected chi connectivity index (χ3v) is 3.36. The van der Waals surface area contributed by atoms with E-state index in [4.69, 9.17) is 23.2 Å². The molecule has 0 aliphatic rings. The normalized spacial score (nSPS) is 8.86. The van der Waals surface area contributed by atoms with E-state index in [-0.39, 0.29) is 13.5 Å². The summed E-state index contributed by atoms with van der Waals surface area (Å²) in [6.07, 6.45) is 3.63. The maximum Gasteiger partial charge on any atom is 0.0474 e. The van der Waals surface area contributed by atoms with Crippen molar-refractivity contribution in [2.24, 2.45) is 0 Å². The highest BCUT2D eigenvalue weighted by atomic mass is 35.5. The molecule has 2 aromatic rings. The van der Waals surface area contributed by atoms with Crippen LogP contribution in [0.1, 0.15) is 22.3 Å². The van der Waals surface area contributed by atoms with Crippen molar-refractivity contribution in [3.63, 3.8) is 0 Å². The van der Waals surface area contributed by atoms with Gasteiger partial charge in [-0.2, -0.15) is 13.5 Å². The Bertz CT molecular complexity index is 479. The molecule has 0 atom stereocenters. The predicted octanol–water partition coefficient (Wildman–Crippen LogP) is 6.25. The monoisotopic (exact) mass is 338 g/mol. The van der Waals surface area contributed by atoms with Gasteiger partial charge in [0.15, 0.2) is 0 Å². The molecule has 3 heteroatoms. The molecule has 0 aromatic heterocycles. The summed E-state index contributed by atoms with van der Waals surface area (Å²) < 4.78 is 0. The molecule has 21 heavy (non-hydrogen) atoms. The molecule has 0 amide bonds. The molecule has 0 radical (unpaired) electrons. The SMILES string of the molecule is C=Cc1ccc(CCl)cc1.C=Cc1ccc(CCl)cc1.S. The van der Waals surface area contributed by atoms with Crippen molar-refractivity contribution < 1.29 is 0 Å². The van der Waals surface area contributed by atoms with Crippen LogP contribution in [-0.2, 0) is 11.8 Å². The van der Waals surface area contributed by atoms with Crippen molar-refractivity contribution in [1.82, 2.24) is 0 Å². The van der Waals surface area contributed by atoms with E-state index in [0.29, 0.717) is 11.8 Å². The van der Waals surface area contributed by atoms with E-state index in [1.54, 1.807) is 0 Å². The summed E-state index contributed by atoms with van der Waals surface area (Å²) in [7, 11) is 0. The summed E-state index contributed by atoms with van der Waals surface area (Å²) in [6.45, 7) is 7.31. The Balaban J connectivity index is 0.000000364. The first-order valence-electron chi connectivity index (χ1n) is 6.28. The molecule has 0 nitrogen and oxygen atoms in total. The molecule has 0 spiro atoms. The highest BCUT2D eigenvalue weighted by molar-refractivity contribution is 7.59. The van der Waals surface area contributed by atoms with Crippen LogP contribution < -0.4 is 0 Å². The molecule has 2 rings (SSSR count). The van der Waals surface area contributed by atoms with Gasteiger partial charge in [0.05, 0.1) is 0 Å². The van der Waals surface area contributed by atoms with Crippen LogP contribution in [0.4, 0.5) is 0 Å². The van der Waals surface area contributed by atoms with Gasteiger partial charge < -0.3 is 0 Å². The van der Waals surface area contributed by atoms with Crippen LogP contribution in [0.25, 0.3) is 12.2 Å². The van der Waals surface area contributed by atoms with Crippen molar-refractivity contribution in [2.45, 2.75) is 11.8 Å². The zero-order chi connectivity index (χ0) is 14.8. The maximum absolute atomic E-state index is 5.60. The smallest absolute Gasteiger partial charge is 0.0474 e. The minimum absolute atomic E-state index is 0. The van der Waals surface area contributed by atoms with Crippen LogP contribution in [0.15, 0.2) is 61.7 Å². The van der Waals surface area contributed by atoms with Gasteiger partial charge in [-0.1, -0.05) is 73.8 Å². The van der Waals surface area contributed by atoms with E-state index in [2.05, 4.69) is 13.2 Å². The Morgan fingerprint density at radius 2 is 0.952 bits per heavy atom. The van der Waals surface area contributed by atoms with Crippen molar-refractivity contribution in [2.75, 3.05) is 0 Å². The maximum atomic E-state index is 5.60. The molecule has 0 saturated carbocycles. The van der Waals surface area contributed by atoms with Gasteiger partial charge in [-0.3, -0.25) is 0 Å². The lowest BCUT2D eigenvalue weighted by Crippen LogP contribution is -1.76. The van der Waals surface area contributed by atoms with Crippen LogP contribution in [0.5, 0.6) is 0 Å². The number of halogens is 2. The molecule has 0 bridgehead atoms. The molecular formula is C18H20Cl2S. The van der Waals surface area contributed by atoms with Crippen LogP contribution in [0.2, 0.25) is 0 Å². The van der Waals surface area contributed by atoms with E-state index in [1.165, 1.54) is 0 Å². The molecule has 0 heterocycles. The highest BCUT2D eigenvalue weighted by Crippen LogP contribution is 2.07. The van der Waals surface area contributed by atoms with Crippen LogP contribution >= 0.6 is 36.7 Å². The van der Waals surface area contributed by atoms with E-state index in [0.717, 1.165) is 22.3 Å². The third-order valence-electron chi connectivity index (χ3n) is 2.74. The summed E-state index contributed by atoms with van der Waals surface area (Å²) >= 11 is 11.2. The minimum atomic E-state index is 0. The Labute approximate surface area is 144 Å². The van der Waals surface area contributed by atoms with Gasteiger partial charge in [0, 0.05) is 11.8 Å². The van der Waals surface area contributed by atoms with Crippen LogP contribution in [-0.4, -0.2) is 0 Å². The van der Waals surface area contributed by atoms with Crippen molar-refractivity contribution in [1.29, 1.82) is 0 Å². The number of hydrogen-bond acceptors (Lipinski definition) is 0. The third kappa shape index (κ3) is 7.42. The standard InChI is InChI=1S/2C9H9Cl.H2S/c2*1-2-8-3-5-9(7-10)6-4-8;/h2*2-6H,1,7H2;1H2. The van der Waals surface area contributed by atoms with Crippen LogP contribution in [0.3, 0.4) is 0 Å². The summed E-state index contributed by atoms with van der Waals surface area (Å²) in [6, 6.07) is 16.0. The van der Waals surface area contributed by atoms with E-state index >= 15 is 0 Å². The first-order chi connectivity index (χ1) is 9.73. The predicted molar refractivity (Wildman–Crippen MR) is 103 cm³/mol. The second-order valence-corrected chi connectivity index (χ2v) is 4.69. The lowest BCUT2D eigenvalue weighted by atomic mass is 10.1. The van der Waals surface area contributed by atoms with E-state index in [9.17, 15) is 0 Å². The van der Waals surface area contributed by atoms with Gasteiger partial charge in [-0.05, 0) is 22.3 Å². The van der Waals surface area contributed by atoms with Crippen molar-refractivity contribution in [3.05, 3.63) is 83.9 Å². The second kappa shape index (κ2) is 11.5. The van der Waals surface area contributed by atoms with Gasteiger partial charge in [0.1, 0.15) is 0 Å². The average Bonchev–Trinajstić information content (AvgIpc) is 2.55. The highest BCUT2D eigenvalue weighted by Gasteiger charge is 1.88. The summed E-state index contributed by atoms with van der Waals surface area (Å²) in [5.41, 5.74) is 4.56. The van der Waals surface area contributed by atoms with Gasteiger partial charge in [0.25, 0.3) is 0 Å². The second-order valence-electron chi connectivity index (χ2n) is 4.16. The molecule has 0 fully saturated rings. The van der Waals surface area contributed by atoms with Gasteiger partial charge in [-0.25, -0.2) is 0 Å². The average molecular weight is 339 g/mol. The topological polar surface area (TPSA) is 0 Å². The lowest BCUT2D eigenvalue weighted by molar-refractivity contribution is 1.40. The fourth-order valence-electron chi connectivity index (χ4n) is 1.49. The van der Waals surface area contributed by atoms with Gasteiger partial charge >= 0.3 is 0 Å². The largest absolute Gasteiger partial charge is 0.197 e. The summed E-state index contributed by atoms with van der Waals surface area (Å²) in [5.74, 6) is 1.16. The molecule has 0 aliphatic carbocycles. The summed E-state index contributed by atoms with van der Waals surface area (Å²) in [5, 5.41) is 0. The number of hydrogen-bond donors (Lipinski definition) is 0. The molecule has 112 valence electrons. The Hall–Kier alpha value is -1.15. The fourth-order valence-corrected chi connectivity index (χ4v) is 1.84. The first-order valence-corrected chi connectivity index (χ1v) is 7.35. The zero-order valence-electron chi connectivity index (χ0n) is 11.9. The lowest BCUT2D eigenvalue weighted by Gasteiger charge is -1.94. The Kier molecular flexibility index (Phi) is 10.9. The number of alkyl halides is 2. The summed E-state index contributed by atoms with van der Waals surface area (Å²) in [4.78, 5) is 0. The first kappa shape index (κ1) is 19.9. The molecular weight excluding hydrogens is 319 g/mol. The van der Waals surface area contributed by atoms with Crippen LogP contribution in [0, 0.1) is 0 Å². The Morgan fingerprint density at radius 1 is 0.667 bits per heavy atom. The van der Waals surface area contributed by atoms with Crippen molar-refractivity contribution >= 4 is 48.8 Å². The molecule has 0 aliphatic heterocycles. The Morgan fingerprint density at radius 3 is 1.14 bits per heavy atom. The van der Waals surface area contributed by atoms with Gasteiger partial charge in [-0.15, -0.1) is 23.2 Å². The van der Waals surface area contributed by atoms with Crippen molar-refractivity contribution in [3.8, 4) is 0 Å².